The molecule has 0 bridgehead atoms. The van der Waals surface area contributed by atoms with Crippen molar-refractivity contribution in [2.24, 2.45) is 16.7 Å². The van der Waals surface area contributed by atoms with Crippen molar-refractivity contribution < 1.29 is 0 Å². The lowest BCUT2D eigenvalue weighted by molar-refractivity contribution is 0.0880. The molecule has 2 unspecified atom stereocenters. The average Bonchev–Trinajstić information content (AvgIpc) is 2.26. The summed E-state index contributed by atoms with van der Waals surface area (Å²) < 4.78 is 0. The molecule has 0 amide bonds. The fraction of sp³-hybridized carbons (Fsp3) is 1.00. The smallest absolute Gasteiger partial charge is 0.0113 e. The summed E-state index contributed by atoms with van der Waals surface area (Å²) in [5.74, 6) is 0.729. The van der Waals surface area contributed by atoms with Gasteiger partial charge in [-0.2, -0.15) is 0 Å². The first-order valence-electron chi connectivity index (χ1n) is 7.93. The molecule has 0 aromatic carbocycles. The van der Waals surface area contributed by atoms with Crippen LogP contribution in [0.25, 0.3) is 0 Å². The zero-order chi connectivity index (χ0) is 15.3. The second-order valence-corrected chi connectivity index (χ2v) is 8.15. The van der Waals surface area contributed by atoms with Crippen LogP contribution in [0.1, 0.15) is 61.8 Å². The van der Waals surface area contributed by atoms with E-state index in [-0.39, 0.29) is 0 Å². The second-order valence-electron chi connectivity index (χ2n) is 8.15. The van der Waals surface area contributed by atoms with Crippen molar-refractivity contribution in [3.8, 4) is 0 Å². The molecule has 0 fully saturated rings. The van der Waals surface area contributed by atoms with Gasteiger partial charge in [-0.25, -0.2) is 0 Å². The molecule has 0 radical (unpaired) electrons. The molecule has 2 heteroatoms. The molecule has 0 saturated heterocycles. The van der Waals surface area contributed by atoms with E-state index >= 15 is 0 Å². The van der Waals surface area contributed by atoms with Gasteiger partial charge in [-0.15, -0.1) is 0 Å². The largest absolute Gasteiger partial charge is 0.316 e. The summed E-state index contributed by atoms with van der Waals surface area (Å²) in [6.45, 7) is 22.0. The maximum atomic E-state index is 3.63. The van der Waals surface area contributed by atoms with Gasteiger partial charge < -0.3 is 10.2 Å². The molecule has 0 spiro atoms. The van der Waals surface area contributed by atoms with Gasteiger partial charge in [0.2, 0.25) is 0 Å². The first-order valence-corrected chi connectivity index (χ1v) is 7.93. The van der Waals surface area contributed by atoms with Crippen molar-refractivity contribution >= 4 is 0 Å². The lowest BCUT2D eigenvalue weighted by Gasteiger charge is -2.41. The fourth-order valence-electron chi connectivity index (χ4n) is 2.36. The van der Waals surface area contributed by atoms with Gasteiger partial charge in [0.1, 0.15) is 0 Å². The van der Waals surface area contributed by atoms with Crippen LogP contribution in [-0.4, -0.2) is 37.6 Å². The summed E-state index contributed by atoms with van der Waals surface area (Å²) in [6.07, 6.45) is 1.22. The maximum Gasteiger partial charge on any atom is 0.0113 e. The van der Waals surface area contributed by atoms with Crippen LogP contribution < -0.4 is 5.32 Å². The summed E-state index contributed by atoms with van der Waals surface area (Å²) in [5, 5.41) is 3.63. The van der Waals surface area contributed by atoms with Gasteiger partial charge in [0.15, 0.2) is 0 Å². The highest BCUT2D eigenvalue weighted by atomic mass is 15.1. The van der Waals surface area contributed by atoms with Crippen LogP contribution in [-0.2, 0) is 0 Å². The van der Waals surface area contributed by atoms with Gasteiger partial charge in [0.25, 0.3) is 0 Å². The maximum absolute atomic E-state index is 3.63. The second kappa shape index (κ2) is 7.64. The zero-order valence-corrected chi connectivity index (χ0v) is 14.9. The standard InChI is InChI=1S/C17H38N2/c1-10-17(8,12-18-11-14(2)3)13-19(9)15(4)16(5,6)7/h14-15,18H,10-13H2,1-9H3. The van der Waals surface area contributed by atoms with Gasteiger partial charge in [-0.3, -0.25) is 0 Å². The van der Waals surface area contributed by atoms with Gasteiger partial charge in [0, 0.05) is 19.1 Å². The van der Waals surface area contributed by atoms with E-state index < -0.39 is 0 Å². The molecule has 0 rings (SSSR count). The Hall–Kier alpha value is -0.0800. The summed E-state index contributed by atoms with van der Waals surface area (Å²) in [6, 6.07) is 0.600. The fourth-order valence-corrected chi connectivity index (χ4v) is 2.36. The minimum atomic E-state index is 0.342. The third-order valence-corrected chi connectivity index (χ3v) is 4.50. The molecule has 0 aliphatic rings. The quantitative estimate of drug-likeness (QED) is 0.717. The van der Waals surface area contributed by atoms with E-state index in [9.17, 15) is 0 Å². The third-order valence-electron chi connectivity index (χ3n) is 4.50. The van der Waals surface area contributed by atoms with Gasteiger partial charge in [-0.05, 0) is 43.7 Å². The molecule has 2 atom stereocenters. The van der Waals surface area contributed by atoms with E-state index in [0.29, 0.717) is 16.9 Å². The molecule has 19 heavy (non-hydrogen) atoms. The SMILES string of the molecule is CCC(C)(CNCC(C)C)CN(C)C(C)C(C)(C)C. The molecule has 1 N–H and O–H groups in total. The van der Waals surface area contributed by atoms with Crippen molar-refractivity contribution in [2.75, 3.05) is 26.7 Å². The summed E-state index contributed by atoms with van der Waals surface area (Å²) in [4.78, 5) is 2.53. The molecule has 0 heterocycles. The lowest BCUT2D eigenvalue weighted by Crippen LogP contribution is -2.47. The number of hydrogen-bond donors (Lipinski definition) is 1. The molecule has 0 aliphatic heterocycles. The molecule has 0 aliphatic carbocycles. The predicted octanol–water partition coefficient (Wildman–Crippen LogP) is 4.01. The molecule has 116 valence electrons. The highest BCUT2D eigenvalue weighted by Gasteiger charge is 2.30. The zero-order valence-electron chi connectivity index (χ0n) is 14.9. The molecule has 0 aromatic rings. The Kier molecular flexibility index (Phi) is 7.60. The van der Waals surface area contributed by atoms with E-state index in [4.69, 9.17) is 0 Å². The number of hydrogen-bond acceptors (Lipinski definition) is 2. The van der Waals surface area contributed by atoms with Crippen LogP contribution in [0.15, 0.2) is 0 Å². The van der Waals surface area contributed by atoms with E-state index in [0.717, 1.165) is 25.6 Å². The first-order chi connectivity index (χ1) is 8.52. The molecular formula is C17H38N2. The van der Waals surface area contributed by atoms with Crippen LogP contribution >= 0.6 is 0 Å². The van der Waals surface area contributed by atoms with Crippen LogP contribution in [0, 0.1) is 16.7 Å². The minimum absolute atomic E-state index is 0.342. The van der Waals surface area contributed by atoms with Crippen molar-refractivity contribution in [1.82, 2.24) is 10.2 Å². The first kappa shape index (κ1) is 18.9. The lowest BCUT2D eigenvalue weighted by atomic mass is 9.83. The topological polar surface area (TPSA) is 15.3 Å². The summed E-state index contributed by atoms with van der Waals surface area (Å²) >= 11 is 0. The molecule has 0 saturated carbocycles. The highest BCUT2D eigenvalue weighted by Crippen LogP contribution is 2.28. The monoisotopic (exact) mass is 270 g/mol. The van der Waals surface area contributed by atoms with E-state index in [1.807, 2.05) is 0 Å². The van der Waals surface area contributed by atoms with Crippen molar-refractivity contribution in [3.05, 3.63) is 0 Å². The highest BCUT2D eigenvalue weighted by molar-refractivity contribution is 4.84. The Bertz CT molecular complexity index is 242. The Morgan fingerprint density at radius 3 is 1.95 bits per heavy atom. The average molecular weight is 271 g/mol. The van der Waals surface area contributed by atoms with Crippen LogP contribution in [0.5, 0.6) is 0 Å². The van der Waals surface area contributed by atoms with E-state index in [1.54, 1.807) is 0 Å². The number of nitrogens with zero attached hydrogens (tertiary/aromatic N) is 1. The number of rotatable bonds is 8. The molecule has 0 aromatic heterocycles. The van der Waals surface area contributed by atoms with Gasteiger partial charge in [0.05, 0.1) is 0 Å². The van der Waals surface area contributed by atoms with E-state index in [1.165, 1.54) is 6.42 Å². The number of nitrogens with one attached hydrogen (secondary N) is 1. The Labute approximate surface area is 122 Å². The summed E-state index contributed by atoms with van der Waals surface area (Å²) in [5.41, 5.74) is 0.706. The van der Waals surface area contributed by atoms with Crippen LogP contribution in [0.2, 0.25) is 0 Å². The van der Waals surface area contributed by atoms with Gasteiger partial charge in [-0.1, -0.05) is 48.5 Å². The van der Waals surface area contributed by atoms with Crippen molar-refractivity contribution in [2.45, 2.75) is 67.9 Å². The minimum Gasteiger partial charge on any atom is -0.316 e. The van der Waals surface area contributed by atoms with Crippen molar-refractivity contribution in [3.63, 3.8) is 0 Å². The normalized spacial score (nSPS) is 17.8. The van der Waals surface area contributed by atoms with Gasteiger partial charge >= 0.3 is 0 Å². The third kappa shape index (κ3) is 7.31. The Balaban J connectivity index is 4.44. The van der Waals surface area contributed by atoms with E-state index in [2.05, 4.69) is 72.7 Å². The molecule has 2 nitrogen and oxygen atoms in total. The van der Waals surface area contributed by atoms with Crippen molar-refractivity contribution in [1.29, 1.82) is 0 Å². The van der Waals surface area contributed by atoms with Crippen LogP contribution in [0.4, 0.5) is 0 Å². The Morgan fingerprint density at radius 2 is 1.58 bits per heavy atom. The van der Waals surface area contributed by atoms with Crippen LogP contribution in [0.3, 0.4) is 0 Å². The summed E-state index contributed by atoms with van der Waals surface area (Å²) in [7, 11) is 2.27. The predicted molar refractivity (Wildman–Crippen MR) is 87.7 cm³/mol. The molecular weight excluding hydrogens is 232 g/mol. The Morgan fingerprint density at radius 1 is 1.05 bits per heavy atom.